The molecule has 1 unspecified atom stereocenters. The molecule has 0 spiro atoms. The zero-order valence-electron chi connectivity index (χ0n) is 16.8. The van der Waals surface area contributed by atoms with Crippen LogP contribution in [-0.2, 0) is 4.79 Å². The molecule has 2 rings (SSSR count). The summed E-state index contributed by atoms with van der Waals surface area (Å²) in [4.78, 5) is 18.8. The lowest BCUT2D eigenvalue weighted by atomic mass is 9.93. The third-order valence-electron chi connectivity index (χ3n) is 4.75. The maximum atomic E-state index is 13.5. The third-order valence-corrected chi connectivity index (χ3v) is 4.75. The Labute approximate surface area is 161 Å². The van der Waals surface area contributed by atoms with Gasteiger partial charge in [0, 0.05) is 38.4 Å². The zero-order valence-corrected chi connectivity index (χ0v) is 16.8. The van der Waals surface area contributed by atoms with Crippen LogP contribution in [0, 0.1) is 11.2 Å². The van der Waals surface area contributed by atoms with E-state index in [1.807, 2.05) is 26.8 Å². The van der Waals surface area contributed by atoms with Gasteiger partial charge in [0.1, 0.15) is 5.82 Å². The number of aliphatic imine (C=N–C) groups is 1. The Morgan fingerprint density at radius 1 is 1.41 bits per heavy atom. The van der Waals surface area contributed by atoms with Crippen LogP contribution < -0.4 is 20.9 Å². The average Bonchev–Trinajstić information content (AvgIpc) is 2.66. The van der Waals surface area contributed by atoms with Gasteiger partial charge >= 0.3 is 0 Å². The SMILES string of the molecule is CCNC(=NCC(C)(C)C(=O)NC)NC1CCCN(c2cccc(F)c2)C1. The first kappa shape index (κ1) is 21.0. The minimum absolute atomic E-state index is 0.0305. The van der Waals surface area contributed by atoms with E-state index >= 15 is 0 Å². The second-order valence-electron chi connectivity index (χ2n) is 7.57. The van der Waals surface area contributed by atoms with Gasteiger partial charge in [-0.3, -0.25) is 9.79 Å². The molecule has 1 heterocycles. The summed E-state index contributed by atoms with van der Waals surface area (Å²) in [5.74, 6) is 0.464. The van der Waals surface area contributed by atoms with Crippen molar-refractivity contribution in [2.75, 3.05) is 38.1 Å². The van der Waals surface area contributed by atoms with E-state index in [4.69, 9.17) is 0 Å². The molecular weight excluding hydrogens is 345 g/mol. The molecule has 1 fully saturated rings. The number of anilines is 1. The highest BCUT2D eigenvalue weighted by molar-refractivity contribution is 5.83. The number of carbonyl (C=O) groups excluding carboxylic acids is 1. The van der Waals surface area contributed by atoms with Crippen LogP contribution in [0.25, 0.3) is 0 Å². The van der Waals surface area contributed by atoms with Crippen molar-refractivity contribution in [1.82, 2.24) is 16.0 Å². The van der Waals surface area contributed by atoms with Crippen molar-refractivity contribution in [2.24, 2.45) is 10.4 Å². The van der Waals surface area contributed by atoms with Gasteiger partial charge in [-0.2, -0.15) is 0 Å². The highest BCUT2D eigenvalue weighted by atomic mass is 19.1. The summed E-state index contributed by atoms with van der Waals surface area (Å²) >= 11 is 0. The number of benzene rings is 1. The molecule has 0 bridgehead atoms. The Morgan fingerprint density at radius 3 is 2.85 bits per heavy atom. The molecule has 0 saturated carbocycles. The Morgan fingerprint density at radius 2 is 2.19 bits per heavy atom. The monoisotopic (exact) mass is 377 g/mol. The maximum absolute atomic E-state index is 13.5. The van der Waals surface area contributed by atoms with E-state index in [0.717, 1.165) is 38.2 Å². The van der Waals surface area contributed by atoms with Crippen molar-refractivity contribution in [3.05, 3.63) is 30.1 Å². The standard InChI is InChI=1S/C20H32FN5O/c1-5-23-19(24-14-20(2,3)18(27)22-4)25-16-9-7-11-26(13-16)17-10-6-8-15(21)12-17/h6,8,10,12,16H,5,7,9,11,13-14H2,1-4H3,(H,22,27)(H2,23,24,25). The number of halogens is 1. The summed E-state index contributed by atoms with van der Waals surface area (Å²) < 4.78 is 13.5. The number of guanidine groups is 1. The smallest absolute Gasteiger partial charge is 0.227 e. The molecule has 1 atom stereocenters. The van der Waals surface area contributed by atoms with Gasteiger partial charge in [-0.15, -0.1) is 0 Å². The molecule has 6 nitrogen and oxygen atoms in total. The average molecular weight is 378 g/mol. The molecular formula is C20H32FN5O. The fourth-order valence-electron chi connectivity index (χ4n) is 3.20. The van der Waals surface area contributed by atoms with Crippen molar-refractivity contribution in [2.45, 2.75) is 39.7 Å². The summed E-state index contributed by atoms with van der Waals surface area (Å²) in [6, 6.07) is 6.94. The van der Waals surface area contributed by atoms with Crippen LogP contribution in [0.2, 0.25) is 0 Å². The number of nitrogens with zero attached hydrogens (tertiary/aromatic N) is 2. The van der Waals surface area contributed by atoms with E-state index in [2.05, 4.69) is 25.8 Å². The Kier molecular flexibility index (Phi) is 7.45. The van der Waals surface area contributed by atoms with E-state index in [9.17, 15) is 9.18 Å². The van der Waals surface area contributed by atoms with E-state index in [1.165, 1.54) is 6.07 Å². The summed E-state index contributed by atoms with van der Waals surface area (Å²) in [5, 5.41) is 9.41. The molecule has 1 saturated heterocycles. The van der Waals surface area contributed by atoms with Crippen LogP contribution in [0.4, 0.5) is 10.1 Å². The minimum atomic E-state index is -0.572. The van der Waals surface area contributed by atoms with Crippen molar-refractivity contribution < 1.29 is 9.18 Å². The van der Waals surface area contributed by atoms with E-state index in [1.54, 1.807) is 19.2 Å². The first-order valence-corrected chi connectivity index (χ1v) is 9.63. The highest BCUT2D eigenvalue weighted by Gasteiger charge is 2.27. The van der Waals surface area contributed by atoms with Gasteiger partial charge in [0.15, 0.2) is 5.96 Å². The number of amides is 1. The Balaban J connectivity index is 2.02. The van der Waals surface area contributed by atoms with Crippen LogP contribution in [0.15, 0.2) is 29.3 Å². The second kappa shape index (κ2) is 9.58. The highest BCUT2D eigenvalue weighted by Crippen LogP contribution is 2.21. The Hall–Kier alpha value is -2.31. The molecule has 7 heteroatoms. The van der Waals surface area contributed by atoms with Crippen LogP contribution in [-0.4, -0.2) is 51.1 Å². The quantitative estimate of drug-likeness (QED) is 0.525. The van der Waals surface area contributed by atoms with Crippen LogP contribution in [0.3, 0.4) is 0 Å². The number of piperidine rings is 1. The molecule has 1 aliphatic heterocycles. The molecule has 1 aromatic rings. The number of hydrogen-bond donors (Lipinski definition) is 3. The lowest BCUT2D eigenvalue weighted by Gasteiger charge is -2.35. The van der Waals surface area contributed by atoms with Gasteiger partial charge in [0.2, 0.25) is 5.91 Å². The van der Waals surface area contributed by atoms with Crippen molar-refractivity contribution in [3.8, 4) is 0 Å². The van der Waals surface area contributed by atoms with Gasteiger partial charge in [0.05, 0.1) is 12.0 Å². The first-order chi connectivity index (χ1) is 12.9. The zero-order chi connectivity index (χ0) is 19.9. The maximum Gasteiger partial charge on any atom is 0.227 e. The number of carbonyl (C=O) groups is 1. The fraction of sp³-hybridized carbons (Fsp3) is 0.600. The predicted octanol–water partition coefficient (Wildman–Crippen LogP) is 2.12. The lowest BCUT2D eigenvalue weighted by Crippen LogP contribution is -2.51. The summed E-state index contributed by atoms with van der Waals surface area (Å²) in [6.07, 6.45) is 2.05. The summed E-state index contributed by atoms with van der Waals surface area (Å²) in [6.45, 7) is 8.61. The number of hydrogen-bond acceptors (Lipinski definition) is 3. The summed E-state index contributed by atoms with van der Waals surface area (Å²) in [5.41, 5.74) is 0.335. The lowest BCUT2D eigenvalue weighted by molar-refractivity contribution is -0.128. The van der Waals surface area contributed by atoms with Crippen LogP contribution in [0.1, 0.15) is 33.6 Å². The van der Waals surface area contributed by atoms with Gasteiger partial charge in [-0.05, 0) is 51.8 Å². The van der Waals surface area contributed by atoms with Crippen molar-refractivity contribution in [1.29, 1.82) is 0 Å². The molecule has 1 aromatic carbocycles. The second-order valence-corrected chi connectivity index (χ2v) is 7.57. The van der Waals surface area contributed by atoms with E-state index in [-0.39, 0.29) is 17.8 Å². The molecule has 0 aromatic heterocycles. The number of nitrogens with one attached hydrogen (secondary N) is 3. The van der Waals surface area contributed by atoms with Crippen LogP contribution >= 0.6 is 0 Å². The van der Waals surface area contributed by atoms with Gasteiger partial charge in [-0.1, -0.05) is 6.07 Å². The number of rotatable bonds is 6. The molecule has 27 heavy (non-hydrogen) atoms. The molecule has 1 amide bonds. The normalized spacial score (nSPS) is 18.2. The molecule has 150 valence electrons. The van der Waals surface area contributed by atoms with Crippen molar-refractivity contribution in [3.63, 3.8) is 0 Å². The van der Waals surface area contributed by atoms with Crippen molar-refractivity contribution >= 4 is 17.6 Å². The van der Waals surface area contributed by atoms with E-state index in [0.29, 0.717) is 12.5 Å². The molecule has 3 N–H and O–H groups in total. The van der Waals surface area contributed by atoms with Crippen LogP contribution in [0.5, 0.6) is 0 Å². The largest absolute Gasteiger partial charge is 0.369 e. The fourth-order valence-corrected chi connectivity index (χ4v) is 3.20. The molecule has 0 radical (unpaired) electrons. The predicted molar refractivity (Wildman–Crippen MR) is 109 cm³/mol. The van der Waals surface area contributed by atoms with E-state index < -0.39 is 5.41 Å². The topological polar surface area (TPSA) is 68.8 Å². The van der Waals surface area contributed by atoms with Gasteiger partial charge < -0.3 is 20.9 Å². The minimum Gasteiger partial charge on any atom is -0.369 e. The van der Waals surface area contributed by atoms with Gasteiger partial charge in [-0.25, -0.2) is 4.39 Å². The van der Waals surface area contributed by atoms with Gasteiger partial charge in [0.25, 0.3) is 0 Å². The third kappa shape index (κ3) is 6.12. The Bertz CT molecular complexity index is 662. The molecule has 0 aliphatic carbocycles. The first-order valence-electron chi connectivity index (χ1n) is 9.63. The summed E-state index contributed by atoms with van der Waals surface area (Å²) in [7, 11) is 1.64. The molecule has 1 aliphatic rings.